The molecule has 0 heterocycles. The normalized spacial score (nSPS) is 11.6. The molecular formula is C6H4K3NO9S3. The molecule has 1 aromatic carbocycles. The van der Waals surface area contributed by atoms with Crippen LogP contribution >= 0.6 is 0 Å². The maximum absolute atomic E-state index is 10.8. The predicted octanol–water partition coefficient (Wildman–Crippen LogP) is -11.0. The van der Waals surface area contributed by atoms with E-state index in [1.807, 2.05) is 0 Å². The van der Waals surface area contributed by atoms with E-state index < -0.39 is 50.7 Å². The zero-order valence-electron chi connectivity index (χ0n) is 11.6. The fraction of sp³-hybridized carbons (Fsp3) is 0. The third-order valence-corrected chi connectivity index (χ3v) is 4.47. The summed E-state index contributed by atoms with van der Waals surface area (Å²) >= 11 is 0. The topological polar surface area (TPSA) is 198 Å². The Bertz CT molecular complexity index is 794. The van der Waals surface area contributed by atoms with E-state index in [-0.39, 0.29) is 166 Å². The van der Waals surface area contributed by atoms with E-state index in [2.05, 4.69) is 0 Å². The Labute approximate surface area is 254 Å². The van der Waals surface area contributed by atoms with Gasteiger partial charge in [0.05, 0.1) is 20.4 Å². The summed E-state index contributed by atoms with van der Waals surface area (Å²) in [5, 5.41) is 0. The summed E-state index contributed by atoms with van der Waals surface area (Å²) in [7, 11) is -16.1. The molecule has 0 radical (unpaired) electrons. The molecule has 0 bridgehead atoms. The van der Waals surface area contributed by atoms with Crippen molar-refractivity contribution in [2.45, 2.75) is 14.7 Å². The van der Waals surface area contributed by atoms with Crippen LogP contribution in [-0.4, -0.2) is 38.9 Å². The molecule has 0 saturated heterocycles. The number of hydrogen-bond acceptors (Lipinski definition) is 10. The van der Waals surface area contributed by atoms with Crippen molar-refractivity contribution in [1.29, 1.82) is 0 Å². The second-order valence-electron chi connectivity index (χ2n) is 3.20. The minimum Gasteiger partial charge on any atom is -0.744 e. The van der Waals surface area contributed by atoms with Gasteiger partial charge in [0.1, 0.15) is 30.4 Å². The van der Waals surface area contributed by atoms with Crippen LogP contribution in [0, 0.1) is 0 Å². The van der Waals surface area contributed by atoms with Crippen molar-refractivity contribution in [3.05, 3.63) is 12.1 Å². The van der Waals surface area contributed by atoms with Gasteiger partial charge in [-0.15, -0.1) is 0 Å². The van der Waals surface area contributed by atoms with Crippen molar-refractivity contribution < 1.29 is 193 Å². The molecule has 0 aliphatic heterocycles. The molecule has 10 nitrogen and oxygen atoms in total. The predicted molar refractivity (Wildman–Crippen MR) is 54.7 cm³/mol. The first-order valence-electron chi connectivity index (χ1n) is 4.06. The largest absolute Gasteiger partial charge is 1.00 e. The quantitative estimate of drug-likeness (QED) is 0.263. The number of nitrogens with two attached hydrogens (primary N) is 1. The number of rotatable bonds is 3. The van der Waals surface area contributed by atoms with E-state index in [0.717, 1.165) is 0 Å². The molecule has 0 fully saturated rings. The van der Waals surface area contributed by atoms with Gasteiger partial charge in [-0.2, -0.15) is 0 Å². The molecule has 2 N–H and O–H groups in total. The molecular weight excluding hydrogens is 444 g/mol. The van der Waals surface area contributed by atoms with Gasteiger partial charge in [0.25, 0.3) is 0 Å². The van der Waals surface area contributed by atoms with Gasteiger partial charge in [-0.1, -0.05) is 0 Å². The molecule has 22 heavy (non-hydrogen) atoms. The van der Waals surface area contributed by atoms with Gasteiger partial charge in [-0.3, -0.25) is 0 Å². The average molecular weight is 448 g/mol. The van der Waals surface area contributed by atoms with Crippen molar-refractivity contribution in [2.75, 3.05) is 5.73 Å². The van der Waals surface area contributed by atoms with Crippen molar-refractivity contribution in [2.24, 2.45) is 0 Å². The molecule has 0 saturated carbocycles. The first kappa shape index (κ1) is 30.4. The van der Waals surface area contributed by atoms with E-state index in [4.69, 9.17) is 5.73 Å². The van der Waals surface area contributed by atoms with Crippen LogP contribution < -0.4 is 160 Å². The molecule has 108 valence electrons. The van der Waals surface area contributed by atoms with Gasteiger partial charge in [0.2, 0.25) is 0 Å². The van der Waals surface area contributed by atoms with Gasteiger partial charge in [-0.25, -0.2) is 25.3 Å². The molecule has 0 unspecified atom stereocenters. The summed E-state index contributed by atoms with van der Waals surface area (Å²) in [6.45, 7) is 0. The summed E-state index contributed by atoms with van der Waals surface area (Å²) in [5.41, 5.74) is 3.77. The smallest absolute Gasteiger partial charge is 0.744 e. The number of anilines is 1. The standard InChI is InChI=1S/C6H7NO9S3.3K/c7-6-4(18(11,12)13)1-3(17(8,9)10)2-5(6)19(14,15)16;;;/h1-2H,7H2,(H,8,9,10)(H,11,12,13)(H,14,15,16);;;/q;3*+1/p-3. The van der Waals surface area contributed by atoms with Gasteiger partial charge in [0, 0.05) is 0 Å². The van der Waals surface area contributed by atoms with E-state index in [9.17, 15) is 38.9 Å². The van der Waals surface area contributed by atoms with Gasteiger partial charge < -0.3 is 19.4 Å². The second kappa shape index (κ2) is 10.9. The van der Waals surface area contributed by atoms with Crippen LogP contribution in [0.4, 0.5) is 5.69 Å². The molecule has 16 heteroatoms. The maximum Gasteiger partial charge on any atom is 1.00 e. The molecule has 1 rings (SSSR count). The molecule has 0 spiro atoms. The third kappa shape index (κ3) is 8.57. The fourth-order valence-corrected chi connectivity index (χ4v) is 3.17. The molecule has 0 aliphatic rings. The SMILES string of the molecule is Nc1c(S(=O)(=O)[O-])cc(S(=O)(=O)[O-])cc1S(=O)(=O)[O-].[K+].[K+].[K+]. The van der Waals surface area contributed by atoms with E-state index in [1.165, 1.54) is 0 Å². The number of hydrogen-bond donors (Lipinski definition) is 1. The zero-order chi connectivity index (χ0) is 15.2. The Morgan fingerprint density at radius 1 is 0.682 bits per heavy atom. The Morgan fingerprint density at radius 3 is 1.14 bits per heavy atom. The van der Waals surface area contributed by atoms with Crippen molar-refractivity contribution >= 4 is 36.0 Å². The summed E-state index contributed by atoms with van der Waals surface area (Å²) < 4.78 is 96.8. The second-order valence-corrected chi connectivity index (χ2v) is 7.27. The van der Waals surface area contributed by atoms with Crippen LogP contribution in [-0.2, 0) is 30.4 Å². The average Bonchev–Trinajstić information content (AvgIpc) is 2.11. The molecule has 0 amide bonds. The van der Waals surface area contributed by atoms with Crippen LogP contribution in [0.15, 0.2) is 26.8 Å². The van der Waals surface area contributed by atoms with Crippen LogP contribution in [0.3, 0.4) is 0 Å². The van der Waals surface area contributed by atoms with Crippen molar-refractivity contribution in [3.63, 3.8) is 0 Å². The van der Waals surface area contributed by atoms with E-state index in [0.29, 0.717) is 0 Å². The van der Waals surface area contributed by atoms with Gasteiger partial charge in [-0.05, 0) is 12.1 Å². The van der Waals surface area contributed by atoms with E-state index >= 15 is 0 Å². The Hall–Kier alpha value is 3.66. The minimum absolute atomic E-state index is 0. The summed E-state index contributed by atoms with van der Waals surface area (Å²) in [6.07, 6.45) is 0. The maximum atomic E-state index is 10.8. The monoisotopic (exact) mass is 447 g/mol. The Kier molecular flexibility index (Phi) is 15.0. The first-order valence-corrected chi connectivity index (χ1v) is 8.28. The van der Waals surface area contributed by atoms with Crippen LogP contribution in [0.2, 0.25) is 0 Å². The fourth-order valence-electron chi connectivity index (χ4n) is 1.14. The Balaban J connectivity index is -0.00000120. The molecule has 0 aliphatic carbocycles. The Morgan fingerprint density at radius 2 is 0.955 bits per heavy atom. The first-order chi connectivity index (χ1) is 8.24. The molecule has 0 atom stereocenters. The van der Waals surface area contributed by atoms with E-state index in [1.54, 1.807) is 0 Å². The summed E-state index contributed by atoms with van der Waals surface area (Å²) in [6, 6.07) is 0.184. The molecule has 1 aromatic rings. The number of benzene rings is 1. The van der Waals surface area contributed by atoms with Crippen molar-refractivity contribution in [3.8, 4) is 0 Å². The van der Waals surface area contributed by atoms with Crippen LogP contribution in [0.5, 0.6) is 0 Å². The third-order valence-electron chi connectivity index (χ3n) is 1.90. The number of nitrogen functional groups attached to an aromatic ring is 1. The molecule has 0 aromatic heterocycles. The minimum atomic E-state index is -5.38. The summed E-state index contributed by atoms with van der Waals surface area (Å²) in [5.74, 6) is 0. The van der Waals surface area contributed by atoms with Gasteiger partial charge in [0.15, 0.2) is 0 Å². The van der Waals surface area contributed by atoms with Crippen LogP contribution in [0.1, 0.15) is 0 Å². The van der Waals surface area contributed by atoms with Crippen LogP contribution in [0.25, 0.3) is 0 Å². The van der Waals surface area contributed by atoms with Crippen molar-refractivity contribution in [1.82, 2.24) is 0 Å². The van der Waals surface area contributed by atoms with Gasteiger partial charge >= 0.3 is 154 Å². The summed E-state index contributed by atoms with van der Waals surface area (Å²) in [4.78, 5) is -4.32. The zero-order valence-corrected chi connectivity index (χ0v) is 23.4.